The molecule has 0 aromatic heterocycles. The van der Waals surface area contributed by atoms with Gasteiger partial charge in [-0.15, -0.1) is 11.8 Å². The molecule has 1 fully saturated rings. The predicted octanol–water partition coefficient (Wildman–Crippen LogP) is 4.79. The van der Waals surface area contributed by atoms with Crippen LogP contribution in [0.5, 0.6) is 5.75 Å². The summed E-state index contributed by atoms with van der Waals surface area (Å²) < 4.78 is 5.17. The highest BCUT2D eigenvalue weighted by atomic mass is 35.5. The standard InChI is InChI=1S/C17H17ClN2OS2/c1-21-15-8-6-14(7-9-15)19-17(22)20-10-11-23-16(20)12-2-4-13(18)5-3-12/h2-9,16H,10-11H2,1H3,(H,19,22). The quantitative estimate of drug-likeness (QED) is 0.789. The maximum atomic E-state index is 5.98. The lowest BCUT2D eigenvalue weighted by Gasteiger charge is -2.27. The highest BCUT2D eigenvalue weighted by Crippen LogP contribution is 2.38. The molecule has 23 heavy (non-hydrogen) atoms. The van der Waals surface area contributed by atoms with Gasteiger partial charge in [-0.25, -0.2) is 0 Å². The number of ether oxygens (including phenoxy) is 1. The molecule has 0 saturated carbocycles. The molecule has 3 nitrogen and oxygen atoms in total. The van der Waals surface area contributed by atoms with Crippen LogP contribution in [-0.2, 0) is 0 Å². The van der Waals surface area contributed by atoms with Crippen LogP contribution in [0.15, 0.2) is 48.5 Å². The van der Waals surface area contributed by atoms with Crippen LogP contribution in [0, 0.1) is 0 Å². The molecular formula is C17H17ClN2OS2. The summed E-state index contributed by atoms with van der Waals surface area (Å²) in [6.07, 6.45) is 0. The lowest BCUT2D eigenvalue weighted by molar-refractivity contribution is 0.415. The molecule has 0 amide bonds. The second-order valence-corrected chi connectivity index (χ2v) is 7.14. The first kappa shape index (κ1) is 16.4. The summed E-state index contributed by atoms with van der Waals surface area (Å²) in [6.45, 7) is 0.931. The molecule has 1 saturated heterocycles. The van der Waals surface area contributed by atoms with E-state index in [0.29, 0.717) is 0 Å². The fourth-order valence-electron chi connectivity index (χ4n) is 2.45. The first-order chi connectivity index (χ1) is 11.2. The molecule has 1 N–H and O–H groups in total. The number of benzene rings is 2. The third-order valence-corrected chi connectivity index (χ3v) is 5.50. The molecular weight excluding hydrogens is 348 g/mol. The summed E-state index contributed by atoms with van der Waals surface area (Å²) in [5, 5.41) is 5.02. The monoisotopic (exact) mass is 364 g/mol. The summed E-state index contributed by atoms with van der Waals surface area (Å²) in [7, 11) is 1.66. The van der Waals surface area contributed by atoms with Crippen molar-refractivity contribution in [1.82, 2.24) is 4.90 Å². The number of nitrogens with one attached hydrogen (secondary N) is 1. The van der Waals surface area contributed by atoms with E-state index in [0.717, 1.165) is 33.9 Å². The van der Waals surface area contributed by atoms with Gasteiger partial charge in [-0.05, 0) is 54.2 Å². The van der Waals surface area contributed by atoms with E-state index in [-0.39, 0.29) is 5.37 Å². The molecule has 0 bridgehead atoms. The number of rotatable bonds is 3. The van der Waals surface area contributed by atoms with Gasteiger partial charge < -0.3 is 15.0 Å². The summed E-state index contributed by atoms with van der Waals surface area (Å²) in [5.74, 6) is 1.88. The summed E-state index contributed by atoms with van der Waals surface area (Å²) in [4.78, 5) is 2.22. The summed E-state index contributed by atoms with van der Waals surface area (Å²) in [5.41, 5.74) is 2.18. The maximum absolute atomic E-state index is 5.98. The van der Waals surface area contributed by atoms with Crippen LogP contribution in [0.2, 0.25) is 5.02 Å². The Labute approximate surface area is 151 Å². The minimum absolute atomic E-state index is 0.227. The number of hydrogen-bond acceptors (Lipinski definition) is 3. The molecule has 2 aromatic carbocycles. The molecule has 2 aromatic rings. The average molecular weight is 365 g/mol. The first-order valence-corrected chi connectivity index (χ1v) is 9.09. The smallest absolute Gasteiger partial charge is 0.174 e. The third kappa shape index (κ3) is 3.91. The Morgan fingerprint density at radius 3 is 2.57 bits per heavy atom. The Hall–Kier alpha value is -1.43. The minimum atomic E-state index is 0.227. The van der Waals surface area contributed by atoms with Gasteiger partial charge >= 0.3 is 0 Å². The van der Waals surface area contributed by atoms with Gasteiger partial charge in [0.1, 0.15) is 11.1 Å². The number of hydrogen-bond donors (Lipinski definition) is 1. The lowest BCUT2D eigenvalue weighted by atomic mass is 10.2. The molecule has 0 radical (unpaired) electrons. The van der Waals surface area contributed by atoms with E-state index in [1.165, 1.54) is 5.56 Å². The van der Waals surface area contributed by atoms with Crippen LogP contribution in [0.1, 0.15) is 10.9 Å². The molecule has 1 aliphatic rings. The van der Waals surface area contributed by atoms with Crippen molar-refractivity contribution >= 4 is 46.4 Å². The molecule has 120 valence electrons. The summed E-state index contributed by atoms with van der Waals surface area (Å²) >= 11 is 13.5. The van der Waals surface area contributed by atoms with Gasteiger partial charge in [0.15, 0.2) is 5.11 Å². The van der Waals surface area contributed by atoms with Gasteiger partial charge in [-0.1, -0.05) is 23.7 Å². The molecule has 1 aliphatic heterocycles. The molecule has 0 spiro atoms. The van der Waals surface area contributed by atoms with Crippen molar-refractivity contribution in [1.29, 1.82) is 0 Å². The molecule has 1 unspecified atom stereocenters. The van der Waals surface area contributed by atoms with E-state index >= 15 is 0 Å². The van der Waals surface area contributed by atoms with E-state index in [1.54, 1.807) is 7.11 Å². The van der Waals surface area contributed by atoms with Gasteiger partial charge in [-0.2, -0.15) is 0 Å². The van der Waals surface area contributed by atoms with Crippen LogP contribution >= 0.6 is 35.6 Å². The average Bonchev–Trinajstić information content (AvgIpc) is 3.06. The maximum Gasteiger partial charge on any atom is 0.174 e. The zero-order chi connectivity index (χ0) is 16.2. The van der Waals surface area contributed by atoms with Crippen molar-refractivity contribution in [2.24, 2.45) is 0 Å². The highest BCUT2D eigenvalue weighted by Gasteiger charge is 2.28. The van der Waals surface area contributed by atoms with Crippen molar-refractivity contribution in [2.45, 2.75) is 5.37 Å². The van der Waals surface area contributed by atoms with E-state index < -0.39 is 0 Å². The molecule has 3 rings (SSSR count). The van der Waals surface area contributed by atoms with Gasteiger partial charge in [0, 0.05) is 23.0 Å². The zero-order valence-corrected chi connectivity index (χ0v) is 15.0. The van der Waals surface area contributed by atoms with Crippen molar-refractivity contribution in [2.75, 3.05) is 24.7 Å². The minimum Gasteiger partial charge on any atom is -0.497 e. The zero-order valence-electron chi connectivity index (χ0n) is 12.7. The van der Waals surface area contributed by atoms with Gasteiger partial charge in [0.05, 0.1) is 7.11 Å². The van der Waals surface area contributed by atoms with Gasteiger partial charge in [-0.3, -0.25) is 0 Å². The number of thiocarbonyl (C=S) groups is 1. The van der Waals surface area contributed by atoms with Gasteiger partial charge in [0.2, 0.25) is 0 Å². The fraction of sp³-hybridized carbons (Fsp3) is 0.235. The van der Waals surface area contributed by atoms with E-state index in [4.69, 9.17) is 28.6 Å². The molecule has 6 heteroatoms. The largest absolute Gasteiger partial charge is 0.497 e. The van der Waals surface area contributed by atoms with E-state index in [9.17, 15) is 0 Å². The van der Waals surface area contributed by atoms with Gasteiger partial charge in [0.25, 0.3) is 0 Å². The first-order valence-electron chi connectivity index (χ1n) is 7.26. The van der Waals surface area contributed by atoms with Crippen LogP contribution in [0.25, 0.3) is 0 Å². The normalized spacial score (nSPS) is 17.1. The van der Waals surface area contributed by atoms with Crippen LogP contribution in [0.4, 0.5) is 5.69 Å². The number of anilines is 1. The number of halogens is 1. The lowest BCUT2D eigenvalue weighted by Crippen LogP contribution is -2.34. The van der Waals surface area contributed by atoms with Crippen LogP contribution < -0.4 is 10.1 Å². The number of methoxy groups -OCH3 is 1. The second-order valence-electron chi connectivity index (χ2n) is 5.13. The van der Waals surface area contributed by atoms with Crippen LogP contribution in [0.3, 0.4) is 0 Å². The highest BCUT2D eigenvalue weighted by molar-refractivity contribution is 7.99. The molecule has 0 aliphatic carbocycles. The van der Waals surface area contributed by atoms with E-state index in [2.05, 4.69) is 22.3 Å². The molecule has 1 atom stereocenters. The summed E-state index contributed by atoms with van der Waals surface area (Å²) in [6, 6.07) is 15.7. The Bertz CT molecular complexity index is 676. The molecule has 1 heterocycles. The van der Waals surface area contributed by atoms with Crippen molar-refractivity contribution in [3.8, 4) is 5.75 Å². The number of thioether (sulfide) groups is 1. The topological polar surface area (TPSA) is 24.5 Å². The van der Waals surface area contributed by atoms with Crippen LogP contribution in [-0.4, -0.2) is 29.4 Å². The number of nitrogens with zero attached hydrogens (tertiary/aromatic N) is 1. The Morgan fingerprint density at radius 2 is 1.91 bits per heavy atom. The van der Waals surface area contributed by atoms with Crippen molar-refractivity contribution < 1.29 is 4.74 Å². The predicted molar refractivity (Wildman–Crippen MR) is 103 cm³/mol. The van der Waals surface area contributed by atoms with Crippen molar-refractivity contribution in [3.63, 3.8) is 0 Å². The fourth-order valence-corrected chi connectivity index (χ4v) is 4.22. The third-order valence-electron chi connectivity index (χ3n) is 3.65. The Balaban J connectivity index is 1.71. The SMILES string of the molecule is COc1ccc(NC(=S)N2CCSC2c2ccc(Cl)cc2)cc1. The van der Waals surface area contributed by atoms with Crippen molar-refractivity contribution in [3.05, 3.63) is 59.1 Å². The Morgan fingerprint density at radius 1 is 1.22 bits per heavy atom. The Kier molecular flexibility index (Phi) is 5.30. The van der Waals surface area contributed by atoms with E-state index in [1.807, 2.05) is 48.2 Å². The second kappa shape index (κ2) is 7.43.